The highest BCUT2D eigenvalue weighted by atomic mass is 32.2. The van der Waals surface area contributed by atoms with Gasteiger partial charge in [-0.25, -0.2) is 9.97 Å². The molecule has 8 aromatic rings. The number of imidazole rings is 2. The Morgan fingerprint density at radius 1 is 0.500 bits per heavy atom. The molecule has 0 saturated heterocycles. The molecule has 8 rings (SSSR count). The number of anilines is 2. The standard InChI is InChI=1S/C74H88N6O10S4/c1-9-11-41-87-43-45-89-65-28-16-57(17-29-65)59-20-36-71(93(85)53(3)4)62(47-59)23-39-74(82)78-64-26-34-68(35-27-64)92(84)50-70-56(8)76-52-80(70)40-14-12-13-15-42-88-44-46-90-66-30-18-58(19-31-66)60-21-37-72(94(86)54(5)6)61(48-60)22-38-73(81)77-63-24-32-67(33-25-63)91(83)49-69-55(7)75-51-79(69)10-2/h16-39,47-48,51-54H,9-15,40-46,49-50H2,1-8H3,(H,77,81)(H,78,82)/b38-22+,39-23+/t91-,92+,93?,94?/m1/s1. The molecule has 2 amide bonds. The topological polar surface area (TPSA) is 223 Å². The highest BCUT2D eigenvalue weighted by Gasteiger charge is 2.24. The molecule has 0 aliphatic heterocycles. The minimum atomic E-state index is -1.35. The van der Waals surface area contributed by atoms with Gasteiger partial charge in [0.1, 0.15) is 35.2 Å². The number of ether oxygens (including phenoxy) is 4. The molecule has 0 fully saturated rings. The Bertz CT molecular complexity index is 3730. The van der Waals surface area contributed by atoms with E-state index in [4.69, 9.17) is 18.9 Å². The fourth-order valence-corrected chi connectivity index (χ4v) is 14.8. The number of benzene rings is 6. The molecule has 2 aromatic heterocycles. The number of amides is 2. The Morgan fingerprint density at radius 3 is 1.35 bits per heavy atom. The maximum absolute atomic E-state index is 13.7. The highest BCUT2D eigenvalue weighted by molar-refractivity contribution is 7.92. The predicted octanol–water partition coefficient (Wildman–Crippen LogP) is 14.9. The van der Waals surface area contributed by atoms with Crippen LogP contribution in [0.5, 0.6) is 11.5 Å². The lowest BCUT2D eigenvalue weighted by Crippen LogP contribution is -2.15. The van der Waals surface area contributed by atoms with Crippen LogP contribution >= 0.6 is 0 Å². The van der Waals surface area contributed by atoms with Crippen LogP contribution in [-0.2, 0) is 88.4 Å². The van der Waals surface area contributed by atoms with E-state index in [2.05, 4.69) is 32.1 Å². The largest absolute Gasteiger partial charge is 0.611 e. The van der Waals surface area contributed by atoms with E-state index in [0.29, 0.717) is 92.4 Å². The number of rotatable bonds is 37. The van der Waals surface area contributed by atoms with E-state index in [-0.39, 0.29) is 22.3 Å². The van der Waals surface area contributed by atoms with Crippen LogP contribution in [0.1, 0.15) is 114 Å². The van der Waals surface area contributed by atoms with Gasteiger partial charge in [0.25, 0.3) is 0 Å². The number of nitrogens with zero attached hydrogens (tertiary/aromatic N) is 4. The van der Waals surface area contributed by atoms with Crippen molar-refractivity contribution >= 4 is 80.0 Å². The third-order valence-electron chi connectivity index (χ3n) is 15.5. The van der Waals surface area contributed by atoms with E-state index in [9.17, 15) is 27.8 Å². The number of aromatic nitrogens is 4. The Balaban J connectivity index is 0.730. The summed E-state index contributed by atoms with van der Waals surface area (Å²) in [6.45, 7) is 20.4. The Morgan fingerprint density at radius 2 is 0.915 bits per heavy atom. The van der Waals surface area contributed by atoms with Crippen molar-refractivity contribution in [1.82, 2.24) is 19.1 Å². The molecule has 2 N–H and O–H groups in total. The summed E-state index contributed by atoms with van der Waals surface area (Å²) in [6, 6.07) is 41.1. The lowest BCUT2D eigenvalue weighted by molar-refractivity contribution is -0.112. The molecule has 2 heterocycles. The van der Waals surface area contributed by atoms with Crippen LogP contribution in [0.2, 0.25) is 0 Å². The van der Waals surface area contributed by atoms with Gasteiger partial charge in [-0.05, 0) is 256 Å². The van der Waals surface area contributed by atoms with Gasteiger partial charge < -0.3 is 56.9 Å². The van der Waals surface area contributed by atoms with Gasteiger partial charge in [0.2, 0.25) is 11.8 Å². The summed E-state index contributed by atoms with van der Waals surface area (Å²) in [4.78, 5) is 37.9. The zero-order chi connectivity index (χ0) is 66.9. The van der Waals surface area contributed by atoms with Crippen molar-refractivity contribution < 1.29 is 46.7 Å². The first-order valence-corrected chi connectivity index (χ1v) is 37.2. The van der Waals surface area contributed by atoms with Crippen molar-refractivity contribution in [3.63, 3.8) is 0 Å². The summed E-state index contributed by atoms with van der Waals surface area (Å²) in [7, 11) is 0. The van der Waals surface area contributed by atoms with Crippen molar-refractivity contribution in [2.45, 2.75) is 149 Å². The molecule has 0 bridgehead atoms. The van der Waals surface area contributed by atoms with Gasteiger partial charge >= 0.3 is 0 Å². The molecular formula is C74H88N6O10S4. The van der Waals surface area contributed by atoms with Crippen LogP contribution < -0.4 is 20.1 Å². The molecule has 0 radical (unpaired) electrons. The van der Waals surface area contributed by atoms with Crippen LogP contribution in [0.3, 0.4) is 0 Å². The maximum Gasteiger partial charge on any atom is 0.248 e. The van der Waals surface area contributed by atoms with E-state index in [0.717, 1.165) is 109 Å². The summed E-state index contributed by atoms with van der Waals surface area (Å²) in [5.41, 5.74) is 9.77. The molecule has 0 aliphatic rings. The number of unbranched alkanes of at least 4 members (excludes halogenated alkanes) is 4. The summed E-state index contributed by atoms with van der Waals surface area (Å²) in [5.74, 6) is 1.42. The van der Waals surface area contributed by atoms with E-state index in [1.165, 1.54) is 12.2 Å². The lowest BCUT2D eigenvalue weighted by atomic mass is 10.0. The van der Waals surface area contributed by atoms with Crippen LogP contribution in [0.25, 0.3) is 34.4 Å². The number of carbonyl (C=O) groups is 2. The normalized spacial score (nSPS) is 13.0. The van der Waals surface area contributed by atoms with Crippen LogP contribution in [-0.4, -0.2) is 99.3 Å². The molecule has 16 nitrogen and oxygen atoms in total. The lowest BCUT2D eigenvalue weighted by Gasteiger charge is -2.17. The molecule has 498 valence electrons. The van der Waals surface area contributed by atoms with Crippen molar-refractivity contribution in [1.29, 1.82) is 0 Å². The molecule has 20 heteroatoms. The second-order valence-corrected chi connectivity index (χ2v) is 30.0. The van der Waals surface area contributed by atoms with Crippen molar-refractivity contribution in [2.24, 2.45) is 0 Å². The van der Waals surface area contributed by atoms with Gasteiger partial charge in [0.15, 0.2) is 31.1 Å². The monoisotopic (exact) mass is 1350 g/mol. The van der Waals surface area contributed by atoms with Gasteiger partial charge in [-0.1, -0.05) is 50.5 Å². The van der Waals surface area contributed by atoms with Crippen LogP contribution in [0, 0.1) is 13.8 Å². The van der Waals surface area contributed by atoms with Crippen molar-refractivity contribution in [3.8, 4) is 33.8 Å². The van der Waals surface area contributed by atoms with Crippen LogP contribution in [0.4, 0.5) is 11.4 Å². The summed E-state index contributed by atoms with van der Waals surface area (Å²) < 4.78 is 81.1. The minimum absolute atomic E-state index is 0.118. The highest BCUT2D eigenvalue weighted by Crippen LogP contribution is 2.32. The third kappa shape index (κ3) is 21.7. The van der Waals surface area contributed by atoms with E-state index in [1.807, 2.05) is 144 Å². The first-order valence-electron chi connectivity index (χ1n) is 32.2. The average molecular weight is 1350 g/mol. The number of hydrogen-bond acceptors (Lipinski definition) is 12. The quantitative estimate of drug-likeness (QED) is 0.0211. The summed E-state index contributed by atoms with van der Waals surface area (Å²) in [6.07, 6.45) is 15.8. The average Bonchev–Trinajstić information content (AvgIpc) is 1.43. The molecule has 2 unspecified atom stereocenters. The summed E-state index contributed by atoms with van der Waals surface area (Å²) >= 11 is -5.22. The Labute approximate surface area is 567 Å². The van der Waals surface area contributed by atoms with Crippen molar-refractivity contribution in [3.05, 3.63) is 192 Å². The number of carbonyl (C=O) groups excluding carboxylic acids is 2. The van der Waals surface area contributed by atoms with Gasteiger partial charge in [-0.15, -0.1) is 0 Å². The maximum atomic E-state index is 13.7. The molecule has 0 spiro atoms. The molecule has 0 saturated carbocycles. The molecule has 0 aliphatic carbocycles. The first-order chi connectivity index (χ1) is 45.5. The molecule has 94 heavy (non-hydrogen) atoms. The smallest absolute Gasteiger partial charge is 0.248 e. The fourth-order valence-electron chi connectivity index (χ4n) is 10.2. The number of aryl methyl sites for hydroxylation is 4. The van der Waals surface area contributed by atoms with Gasteiger partial charge in [0.05, 0.1) is 48.6 Å². The van der Waals surface area contributed by atoms with Crippen LogP contribution in [0.15, 0.2) is 178 Å². The number of nitrogens with one attached hydrogen (secondary N) is 2. The second-order valence-electron chi connectivity index (χ2n) is 23.1. The first kappa shape index (κ1) is 72.7. The summed E-state index contributed by atoms with van der Waals surface area (Å²) in [5, 5.41) is 5.55. The van der Waals surface area contributed by atoms with E-state index in [1.54, 1.807) is 67.0 Å². The Hall–Kier alpha value is -7.08. The molecule has 4 atom stereocenters. The molecular weight excluding hydrogens is 1260 g/mol. The van der Waals surface area contributed by atoms with Crippen molar-refractivity contribution in [2.75, 3.05) is 50.3 Å². The fraction of sp³-hybridized carbons (Fsp3) is 0.351. The minimum Gasteiger partial charge on any atom is -0.611 e. The SMILES string of the molecule is CCCCOCCOc1ccc(-c2ccc([S+]([O-])C(C)C)c(/C=C/C(=O)Nc3ccc([S@@+]([O-])Cc4c(C)ncn4CCCCCCOCCOc4ccc(-c5ccc([S+]([O-])C(C)C)c(/C=C/C(=O)Nc6ccc([S@+]([O-])Cc7c(C)ncn7CC)cc6)c5)cc4)cc3)c2)cc1. The van der Waals surface area contributed by atoms with E-state index >= 15 is 0 Å². The predicted molar refractivity (Wildman–Crippen MR) is 381 cm³/mol. The Kier molecular flexibility index (Phi) is 28.8. The number of hydrogen-bond donors (Lipinski definition) is 2. The molecule has 6 aromatic carbocycles. The second kappa shape index (κ2) is 37.3. The van der Waals surface area contributed by atoms with Gasteiger partial charge in [-0.3, -0.25) is 9.59 Å². The van der Waals surface area contributed by atoms with E-state index < -0.39 is 44.7 Å². The zero-order valence-electron chi connectivity index (χ0n) is 55.1. The zero-order valence-corrected chi connectivity index (χ0v) is 58.4. The van der Waals surface area contributed by atoms with Gasteiger partial charge in [0, 0.05) is 61.0 Å². The van der Waals surface area contributed by atoms with Gasteiger partial charge in [-0.2, -0.15) is 0 Å². The third-order valence-corrected chi connectivity index (χ3v) is 21.5.